The van der Waals surface area contributed by atoms with Crippen molar-refractivity contribution in [2.45, 2.75) is 12.8 Å². The Kier molecular flexibility index (Phi) is 4.35. The molecule has 0 bridgehead atoms. The molecule has 0 aliphatic carbocycles. The SMILES string of the molecule is NCCCc1cc(Cl)c(Cl)c([N+](=O)[O-])c1O. The minimum atomic E-state index is -0.754. The molecule has 1 rings (SSSR count). The van der Waals surface area contributed by atoms with Gasteiger partial charge in [-0.25, -0.2) is 0 Å². The zero-order valence-electron chi connectivity index (χ0n) is 8.24. The second-order valence-electron chi connectivity index (χ2n) is 3.18. The summed E-state index contributed by atoms with van der Waals surface area (Å²) in [7, 11) is 0. The van der Waals surface area contributed by atoms with Crippen molar-refractivity contribution in [3.8, 4) is 5.75 Å². The molecule has 0 atom stereocenters. The first-order chi connectivity index (χ1) is 7.49. The Bertz CT molecular complexity index is 424. The van der Waals surface area contributed by atoms with Crippen molar-refractivity contribution in [1.29, 1.82) is 0 Å². The quantitative estimate of drug-likeness (QED) is 0.646. The molecule has 3 N–H and O–H groups in total. The summed E-state index contributed by atoms with van der Waals surface area (Å²) in [6.45, 7) is 0.424. The highest BCUT2D eigenvalue weighted by atomic mass is 35.5. The van der Waals surface area contributed by atoms with E-state index in [1.807, 2.05) is 0 Å². The molecule has 0 aliphatic rings. The Balaban J connectivity index is 3.27. The van der Waals surface area contributed by atoms with Crippen molar-refractivity contribution >= 4 is 28.9 Å². The van der Waals surface area contributed by atoms with E-state index in [-0.39, 0.29) is 10.0 Å². The third-order valence-corrected chi connectivity index (χ3v) is 2.86. The predicted octanol–water partition coefficient (Wildman–Crippen LogP) is 2.50. The minimum Gasteiger partial charge on any atom is -0.502 e. The van der Waals surface area contributed by atoms with E-state index in [0.717, 1.165) is 0 Å². The Morgan fingerprint density at radius 1 is 1.50 bits per heavy atom. The third-order valence-electron chi connectivity index (χ3n) is 2.08. The van der Waals surface area contributed by atoms with Gasteiger partial charge in [-0.3, -0.25) is 10.1 Å². The van der Waals surface area contributed by atoms with Crippen molar-refractivity contribution < 1.29 is 10.0 Å². The van der Waals surface area contributed by atoms with E-state index in [1.165, 1.54) is 6.07 Å². The number of benzene rings is 1. The van der Waals surface area contributed by atoms with E-state index >= 15 is 0 Å². The number of nitro benzene ring substituents is 1. The highest BCUT2D eigenvalue weighted by Crippen LogP contribution is 2.41. The van der Waals surface area contributed by atoms with Crippen LogP contribution in [0.1, 0.15) is 12.0 Å². The van der Waals surface area contributed by atoms with Crippen molar-refractivity contribution in [2.75, 3.05) is 6.54 Å². The lowest BCUT2D eigenvalue weighted by atomic mass is 10.1. The third kappa shape index (κ3) is 2.55. The summed E-state index contributed by atoms with van der Waals surface area (Å²) in [5, 5.41) is 20.2. The first-order valence-corrected chi connectivity index (χ1v) is 5.29. The number of aryl methyl sites for hydroxylation is 1. The number of hydrogen-bond acceptors (Lipinski definition) is 4. The molecule has 0 aromatic heterocycles. The highest BCUT2D eigenvalue weighted by molar-refractivity contribution is 6.43. The van der Waals surface area contributed by atoms with E-state index in [9.17, 15) is 15.2 Å². The van der Waals surface area contributed by atoms with Crippen LogP contribution in [0, 0.1) is 10.1 Å². The van der Waals surface area contributed by atoms with Gasteiger partial charge in [-0.15, -0.1) is 0 Å². The molecule has 5 nitrogen and oxygen atoms in total. The van der Waals surface area contributed by atoms with Gasteiger partial charge in [0.2, 0.25) is 0 Å². The minimum absolute atomic E-state index is 0.0539. The van der Waals surface area contributed by atoms with Gasteiger partial charge < -0.3 is 10.8 Å². The number of nitrogens with zero attached hydrogens (tertiary/aromatic N) is 1. The molecular formula is C9H10Cl2N2O3. The molecule has 88 valence electrons. The molecule has 0 amide bonds. The maximum absolute atomic E-state index is 10.7. The molecule has 0 spiro atoms. The van der Waals surface area contributed by atoms with Crippen LogP contribution in [0.3, 0.4) is 0 Å². The van der Waals surface area contributed by atoms with Gasteiger partial charge in [0, 0.05) is 5.56 Å². The van der Waals surface area contributed by atoms with Gasteiger partial charge in [0.15, 0.2) is 5.75 Å². The van der Waals surface area contributed by atoms with Crippen molar-refractivity contribution in [3.63, 3.8) is 0 Å². The van der Waals surface area contributed by atoms with Gasteiger partial charge >= 0.3 is 5.69 Å². The molecule has 0 radical (unpaired) electrons. The van der Waals surface area contributed by atoms with Crippen molar-refractivity contribution in [2.24, 2.45) is 5.73 Å². The van der Waals surface area contributed by atoms with E-state index in [1.54, 1.807) is 0 Å². The van der Waals surface area contributed by atoms with Crippen LogP contribution in [0.5, 0.6) is 5.75 Å². The summed E-state index contributed by atoms with van der Waals surface area (Å²) in [6.07, 6.45) is 1.02. The standard InChI is InChI=1S/C9H10Cl2N2O3/c10-6-4-5(2-1-3-12)9(14)8(7(6)11)13(15)16/h4,14H,1-3,12H2. The largest absolute Gasteiger partial charge is 0.502 e. The fourth-order valence-electron chi connectivity index (χ4n) is 1.30. The summed E-state index contributed by atoms with van der Waals surface area (Å²) in [5.74, 6) is -0.437. The van der Waals surface area contributed by atoms with Crippen LogP contribution in [0.2, 0.25) is 10.0 Å². The number of phenols is 1. The van der Waals surface area contributed by atoms with Gasteiger partial charge in [-0.05, 0) is 25.5 Å². The lowest BCUT2D eigenvalue weighted by molar-refractivity contribution is -0.385. The second-order valence-corrected chi connectivity index (χ2v) is 3.96. The number of aromatic hydroxyl groups is 1. The summed E-state index contributed by atoms with van der Waals surface area (Å²) in [6, 6.07) is 1.42. The Hall–Kier alpha value is -1.04. The molecule has 0 saturated carbocycles. The lowest BCUT2D eigenvalue weighted by Crippen LogP contribution is -2.01. The first-order valence-electron chi connectivity index (χ1n) is 4.53. The zero-order chi connectivity index (χ0) is 12.3. The molecular weight excluding hydrogens is 255 g/mol. The predicted molar refractivity (Wildman–Crippen MR) is 62.2 cm³/mol. The van der Waals surface area contributed by atoms with Gasteiger partial charge in [0.05, 0.1) is 9.95 Å². The summed E-state index contributed by atoms with van der Waals surface area (Å²) < 4.78 is 0. The Morgan fingerprint density at radius 3 is 2.62 bits per heavy atom. The summed E-state index contributed by atoms with van der Waals surface area (Å²) in [4.78, 5) is 9.94. The number of halogens is 2. The van der Waals surface area contributed by atoms with Gasteiger partial charge in [-0.1, -0.05) is 23.2 Å². The van der Waals surface area contributed by atoms with Crippen LogP contribution in [-0.4, -0.2) is 16.6 Å². The molecule has 0 fully saturated rings. The lowest BCUT2D eigenvalue weighted by Gasteiger charge is -2.07. The van der Waals surface area contributed by atoms with Crippen molar-refractivity contribution in [1.82, 2.24) is 0 Å². The second kappa shape index (κ2) is 5.34. The normalized spacial score (nSPS) is 10.4. The number of hydrogen-bond donors (Lipinski definition) is 2. The molecule has 0 saturated heterocycles. The smallest absolute Gasteiger partial charge is 0.330 e. The molecule has 0 unspecified atom stereocenters. The topological polar surface area (TPSA) is 89.4 Å². The van der Waals surface area contributed by atoms with Gasteiger partial charge in [0.25, 0.3) is 0 Å². The summed E-state index contributed by atoms with van der Waals surface area (Å²) >= 11 is 11.4. The van der Waals surface area contributed by atoms with E-state index in [2.05, 4.69) is 0 Å². The number of nitrogens with two attached hydrogens (primary N) is 1. The average molecular weight is 265 g/mol. The highest BCUT2D eigenvalue weighted by Gasteiger charge is 2.24. The van der Waals surface area contributed by atoms with Crippen LogP contribution in [0.25, 0.3) is 0 Å². The van der Waals surface area contributed by atoms with Crippen LogP contribution in [-0.2, 0) is 6.42 Å². The molecule has 0 heterocycles. The average Bonchev–Trinajstić information content (AvgIpc) is 2.21. The van der Waals surface area contributed by atoms with Crippen LogP contribution in [0.4, 0.5) is 5.69 Å². The van der Waals surface area contributed by atoms with Crippen LogP contribution in [0.15, 0.2) is 6.07 Å². The fraction of sp³-hybridized carbons (Fsp3) is 0.333. The molecule has 1 aromatic rings. The summed E-state index contributed by atoms with van der Waals surface area (Å²) in [5.41, 5.74) is 5.14. The Morgan fingerprint density at radius 2 is 2.12 bits per heavy atom. The maximum atomic E-state index is 10.7. The molecule has 1 aromatic carbocycles. The van der Waals surface area contributed by atoms with E-state index < -0.39 is 16.4 Å². The van der Waals surface area contributed by atoms with E-state index in [4.69, 9.17) is 28.9 Å². The number of nitro groups is 1. The monoisotopic (exact) mass is 264 g/mol. The van der Waals surface area contributed by atoms with Crippen molar-refractivity contribution in [3.05, 3.63) is 31.8 Å². The van der Waals surface area contributed by atoms with Gasteiger partial charge in [0.1, 0.15) is 5.02 Å². The number of phenolic OH excluding ortho intramolecular Hbond substituents is 1. The maximum Gasteiger partial charge on any atom is 0.330 e. The fourth-order valence-corrected chi connectivity index (χ4v) is 1.74. The van der Waals surface area contributed by atoms with Crippen LogP contribution < -0.4 is 5.73 Å². The van der Waals surface area contributed by atoms with E-state index in [0.29, 0.717) is 24.9 Å². The first kappa shape index (κ1) is 13.0. The van der Waals surface area contributed by atoms with Gasteiger partial charge in [-0.2, -0.15) is 0 Å². The molecule has 7 heteroatoms. The number of rotatable bonds is 4. The Labute approximate surface area is 102 Å². The molecule has 0 aliphatic heterocycles. The molecule has 16 heavy (non-hydrogen) atoms. The zero-order valence-corrected chi connectivity index (χ0v) is 9.75. The van der Waals surface area contributed by atoms with Crippen LogP contribution >= 0.6 is 23.2 Å².